The summed E-state index contributed by atoms with van der Waals surface area (Å²) < 4.78 is 0. The Morgan fingerprint density at radius 3 is 1.85 bits per heavy atom. The van der Waals surface area contributed by atoms with Crippen molar-refractivity contribution in [3.05, 3.63) is 126 Å². The van der Waals surface area contributed by atoms with Gasteiger partial charge in [-0.05, 0) is 61.8 Å². The normalized spacial score (nSPS) is 13.5. The molecule has 378 valence electrons. The summed E-state index contributed by atoms with van der Waals surface area (Å²) in [5, 5.41) is 17.4. The zero-order valence-electron chi connectivity index (χ0n) is 40.2. The molecule has 0 unspecified atom stereocenters. The van der Waals surface area contributed by atoms with Crippen LogP contribution in [0.1, 0.15) is 81.2 Å². The molecular weight excluding hydrogens is 907 g/mol. The summed E-state index contributed by atoms with van der Waals surface area (Å²) in [6.45, 7) is 3.55. The first kappa shape index (κ1) is 53.9. The summed E-state index contributed by atoms with van der Waals surface area (Å²) in [7, 11) is 0. The minimum Gasteiger partial charge on any atom is -0.370 e. The number of para-hydroxylation sites is 1. The Balaban J connectivity index is 1.30. The highest BCUT2D eigenvalue weighted by molar-refractivity contribution is 5.97. The second-order valence-corrected chi connectivity index (χ2v) is 17.5. The van der Waals surface area contributed by atoms with Crippen LogP contribution in [0.25, 0.3) is 10.9 Å². The second-order valence-electron chi connectivity index (χ2n) is 17.5. The van der Waals surface area contributed by atoms with Crippen LogP contribution >= 0.6 is 0 Å². The van der Waals surface area contributed by atoms with Crippen LogP contribution < -0.4 is 49.1 Å². The first-order valence-corrected chi connectivity index (χ1v) is 24.0. The van der Waals surface area contributed by atoms with Gasteiger partial charge in [-0.15, -0.1) is 0 Å². The number of aliphatic imine (C=N–C) groups is 1. The summed E-state index contributed by atoms with van der Waals surface area (Å²) in [4.78, 5) is 110. The zero-order valence-corrected chi connectivity index (χ0v) is 40.2. The van der Waals surface area contributed by atoms with Gasteiger partial charge in [0, 0.05) is 61.2 Å². The van der Waals surface area contributed by atoms with Crippen molar-refractivity contribution in [3.8, 4) is 0 Å². The SMILES string of the molecule is CCCC[C@H](NC(=O)CCCc1ccccc1)C(=O)N[C@@H](C)C(=O)N[C@@H](Cc1cnc[nH]1)C(=O)N[C@H](Cc1ccccc1)C(=O)N[C@@H](CCCN=C(N)N)C(=O)N[C@@H](Cc1c[nH]c2ccccc12)C(N)=O. The number of hydrogen-bond acceptors (Lipinski definition) is 9. The standard InChI is InChI=1S/C51H67N13O7/c1-3-4-21-39(60-44(65)24-13-19-33-15-7-5-8-16-33)47(68)59-32(2)46(67)63-43(28-36-30-55-31-58-36)50(71)64-42(26-34-17-9-6-10-18-34)49(70)61-40(23-14-25-56-51(53)54)48(69)62-41(45(52)66)27-35-29-57-38-22-12-11-20-37(35)38/h5-12,15-18,20,22,29-32,39-43,57H,3-4,13-14,19,21,23-28H2,1-2H3,(H2,52,66)(H,55,58)(H,59,68)(H,60,65)(H,61,70)(H,62,69)(H,63,67)(H,64,71)(H4,53,54,56)/t32-,39-,40-,41-,42+,43-/m0/s1. The van der Waals surface area contributed by atoms with Gasteiger partial charge in [0.1, 0.15) is 36.3 Å². The van der Waals surface area contributed by atoms with E-state index < -0.39 is 71.7 Å². The number of nitrogens with one attached hydrogen (secondary N) is 8. The van der Waals surface area contributed by atoms with Gasteiger partial charge >= 0.3 is 0 Å². The fraction of sp³-hybridized carbons (Fsp3) is 0.392. The van der Waals surface area contributed by atoms with Crippen LogP contribution in [0.2, 0.25) is 0 Å². The average Bonchev–Trinajstić information content (AvgIpc) is 4.03. The number of amides is 7. The molecule has 2 aromatic heterocycles. The highest BCUT2D eigenvalue weighted by Crippen LogP contribution is 2.19. The maximum absolute atomic E-state index is 14.4. The molecule has 71 heavy (non-hydrogen) atoms. The number of unbranched alkanes of at least 4 members (excludes halogenated alkanes) is 1. The van der Waals surface area contributed by atoms with E-state index in [0.717, 1.165) is 28.5 Å². The third-order valence-corrected chi connectivity index (χ3v) is 11.8. The quantitative estimate of drug-likeness (QED) is 0.0187. The Hall–Kier alpha value is -8.03. The molecule has 0 bridgehead atoms. The number of nitrogens with two attached hydrogens (primary N) is 3. The van der Waals surface area contributed by atoms with Gasteiger partial charge in [-0.3, -0.25) is 38.6 Å². The number of guanidine groups is 1. The van der Waals surface area contributed by atoms with Crippen LogP contribution in [-0.2, 0) is 59.2 Å². The maximum atomic E-state index is 14.4. The number of rotatable bonds is 29. The number of aryl methyl sites for hydroxylation is 1. The van der Waals surface area contributed by atoms with Crippen molar-refractivity contribution in [1.82, 2.24) is 46.9 Å². The Morgan fingerprint density at radius 1 is 0.606 bits per heavy atom. The molecule has 20 nitrogen and oxygen atoms in total. The number of aromatic amines is 2. The van der Waals surface area contributed by atoms with E-state index in [-0.39, 0.29) is 56.9 Å². The molecular formula is C51H67N13O7. The van der Waals surface area contributed by atoms with E-state index in [1.54, 1.807) is 36.5 Å². The monoisotopic (exact) mass is 974 g/mol. The lowest BCUT2D eigenvalue weighted by atomic mass is 10.0. The number of H-pyrrole nitrogens is 2. The van der Waals surface area contributed by atoms with Crippen molar-refractivity contribution >= 4 is 58.2 Å². The first-order chi connectivity index (χ1) is 34.2. The summed E-state index contributed by atoms with van der Waals surface area (Å²) in [6, 6.07) is 19.1. The van der Waals surface area contributed by atoms with Crippen molar-refractivity contribution in [2.45, 2.75) is 121 Å². The minimum absolute atomic E-state index is 0.0261. The predicted octanol–water partition coefficient (Wildman–Crippen LogP) is 1.60. The van der Waals surface area contributed by atoms with Crippen molar-refractivity contribution in [2.24, 2.45) is 22.2 Å². The lowest BCUT2D eigenvalue weighted by Crippen LogP contribution is -2.60. The maximum Gasteiger partial charge on any atom is 0.243 e. The number of benzene rings is 3. The number of primary amides is 1. The van der Waals surface area contributed by atoms with Gasteiger partial charge in [0.15, 0.2) is 5.96 Å². The van der Waals surface area contributed by atoms with Crippen LogP contribution in [0.4, 0.5) is 0 Å². The van der Waals surface area contributed by atoms with Crippen LogP contribution in [-0.4, -0.2) is 105 Å². The lowest BCUT2D eigenvalue weighted by molar-refractivity contribution is -0.135. The summed E-state index contributed by atoms with van der Waals surface area (Å²) in [5.41, 5.74) is 20.7. The molecule has 20 heteroatoms. The van der Waals surface area contributed by atoms with E-state index in [2.05, 4.69) is 51.8 Å². The Labute approximate surface area is 412 Å². The van der Waals surface area contributed by atoms with Crippen molar-refractivity contribution in [1.29, 1.82) is 0 Å². The molecule has 2 heterocycles. The molecule has 6 atom stereocenters. The van der Waals surface area contributed by atoms with Crippen molar-refractivity contribution < 1.29 is 33.6 Å². The number of fused-ring (bicyclic) bond motifs is 1. The number of carbonyl (C=O) groups excluding carboxylic acids is 7. The predicted molar refractivity (Wildman–Crippen MR) is 270 cm³/mol. The van der Waals surface area contributed by atoms with Crippen molar-refractivity contribution in [2.75, 3.05) is 6.54 Å². The van der Waals surface area contributed by atoms with Crippen LogP contribution in [0.3, 0.4) is 0 Å². The molecule has 0 aliphatic carbocycles. The molecule has 0 fully saturated rings. The van der Waals surface area contributed by atoms with Crippen LogP contribution in [0, 0.1) is 0 Å². The van der Waals surface area contributed by atoms with Crippen LogP contribution in [0.15, 0.2) is 109 Å². The molecule has 0 spiro atoms. The third-order valence-electron chi connectivity index (χ3n) is 11.8. The largest absolute Gasteiger partial charge is 0.370 e. The molecule has 0 saturated heterocycles. The van der Waals surface area contributed by atoms with Gasteiger partial charge in [-0.1, -0.05) is 98.6 Å². The lowest BCUT2D eigenvalue weighted by Gasteiger charge is -2.27. The Morgan fingerprint density at radius 2 is 1.18 bits per heavy atom. The second kappa shape index (κ2) is 27.8. The summed E-state index contributed by atoms with van der Waals surface area (Å²) >= 11 is 0. The number of hydrogen-bond donors (Lipinski definition) is 11. The number of imidazole rings is 1. The zero-order chi connectivity index (χ0) is 51.1. The van der Waals surface area contributed by atoms with E-state index in [0.29, 0.717) is 36.9 Å². The molecule has 0 aliphatic rings. The number of carbonyl (C=O) groups is 7. The van der Waals surface area contributed by atoms with Gasteiger partial charge in [0.05, 0.1) is 6.33 Å². The van der Waals surface area contributed by atoms with Gasteiger partial charge < -0.3 is 59.1 Å². The minimum atomic E-state index is -1.30. The highest BCUT2D eigenvalue weighted by atomic mass is 16.2. The molecule has 0 saturated carbocycles. The summed E-state index contributed by atoms with van der Waals surface area (Å²) in [6.07, 6.45) is 8.12. The molecule has 0 aliphatic heterocycles. The summed E-state index contributed by atoms with van der Waals surface area (Å²) in [5.74, 6) is -4.71. The third kappa shape index (κ3) is 17.8. The first-order valence-electron chi connectivity index (χ1n) is 24.0. The van der Waals surface area contributed by atoms with E-state index in [1.807, 2.05) is 61.5 Å². The van der Waals surface area contributed by atoms with Crippen molar-refractivity contribution in [3.63, 3.8) is 0 Å². The van der Waals surface area contributed by atoms with Crippen LogP contribution in [0.5, 0.6) is 0 Å². The van der Waals surface area contributed by atoms with Gasteiger partial charge in [-0.2, -0.15) is 0 Å². The highest BCUT2D eigenvalue weighted by Gasteiger charge is 2.33. The fourth-order valence-electron chi connectivity index (χ4n) is 7.93. The molecule has 5 aromatic rings. The topological polar surface area (TPSA) is 327 Å². The Kier molecular flexibility index (Phi) is 21.1. The molecule has 7 amide bonds. The van der Waals surface area contributed by atoms with E-state index in [1.165, 1.54) is 19.4 Å². The van der Waals surface area contributed by atoms with Gasteiger partial charge in [0.2, 0.25) is 41.4 Å². The van der Waals surface area contributed by atoms with E-state index >= 15 is 0 Å². The molecule has 14 N–H and O–H groups in total. The molecule has 3 aromatic carbocycles. The van der Waals surface area contributed by atoms with Gasteiger partial charge in [0.25, 0.3) is 0 Å². The molecule has 0 radical (unpaired) electrons. The Bertz CT molecular complexity index is 2550. The average molecular weight is 974 g/mol. The molecule has 5 rings (SSSR count). The van der Waals surface area contributed by atoms with E-state index in [4.69, 9.17) is 17.2 Å². The van der Waals surface area contributed by atoms with Gasteiger partial charge in [-0.25, -0.2) is 4.98 Å². The fourth-order valence-corrected chi connectivity index (χ4v) is 7.93. The van der Waals surface area contributed by atoms with E-state index in [9.17, 15) is 33.6 Å². The number of nitrogens with zero attached hydrogens (tertiary/aromatic N) is 2. The smallest absolute Gasteiger partial charge is 0.243 e. The number of aromatic nitrogens is 3.